The third-order valence-electron chi connectivity index (χ3n) is 2.73. The lowest BCUT2D eigenvalue weighted by Gasteiger charge is -2.02. The van der Waals surface area contributed by atoms with Crippen molar-refractivity contribution in [3.05, 3.63) is 24.0 Å². The minimum absolute atomic E-state index is 0.422. The maximum atomic E-state index is 11.0. The van der Waals surface area contributed by atoms with Gasteiger partial charge in [-0.2, -0.15) is 5.10 Å². The molecule has 0 unspecified atom stereocenters. The molecule has 5 nitrogen and oxygen atoms in total. The zero-order chi connectivity index (χ0) is 12.3. The van der Waals surface area contributed by atoms with E-state index < -0.39 is 5.91 Å². The molecular formula is C12H16N4O. The standard InChI is InChI=1S/C12H16N4O/c1-2-3-4-5-16-12-10(8-15-16)6-9(7-14-12)11(13)17/h6-8H,2-5H2,1H3,(H2,13,17). The Labute approximate surface area is 99.6 Å². The molecule has 0 saturated carbocycles. The van der Waals surface area contributed by atoms with Gasteiger partial charge in [-0.3, -0.25) is 4.79 Å². The Kier molecular flexibility index (Phi) is 3.37. The number of fused-ring (bicyclic) bond motifs is 1. The first kappa shape index (κ1) is 11.6. The molecule has 5 heteroatoms. The molecule has 2 N–H and O–H groups in total. The second-order valence-electron chi connectivity index (χ2n) is 4.08. The number of primary amides is 1. The number of hydrogen-bond donors (Lipinski definition) is 1. The van der Waals surface area contributed by atoms with Crippen LogP contribution in [0.2, 0.25) is 0 Å². The van der Waals surface area contributed by atoms with Crippen molar-refractivity contribution in [2.24, 2.45) is 5.73 Å². The number of carbonyl (C=O) groups is 1. The van der Waals surface area contributed by atoms with E-state index in [9.17, 15) is 4.79 Å². The third kappa shape index (κ3) is 2.43. The fourth-order valence-corrected chi connectivity index (χ4v) is 1.78. The van der Waals surface area contributed by atoms with Gasteiger partial charge in [0.15, 0.2) is 5.65 Å². The van der Waals surface area contributed by atoms with Crippen molar-refractivity contribution >= 4 is 16.9 Å². The van der Waals surface area contributed by atoms with Crippen LogP contribution in [0.4, 0.5) is 0 Å². The first-order chi connectivity index (χ1) is 8.22. The van der Waals surface area contributed by atoms with Crippen molar-refractivity contribution in [3.8, 4) is 0 Å². The Balaban J connectivity index is 2.25. The summed E-state index contributed by atoms with van der Waals surface area (Å²) >= 11 is 0. The molecule has 0 aromatic carbocycles. The van der Waals surface area contributed by atoms with E-state index in [0.29, 0.717) is 5.56 Å². The fourth-order valence-electron chi connectivity index (χ4n) is 1.78. The van der Waals surface area contributed by atoms with Crippen LogP contribution in [0.15, 0.2) is 18.5 Å². The van der Waals surface area contributed by atoms with Crippen LogP contribution in [0.5, 0.6) is 0 Å². The molecule has 90 valence electrons. The summed E-state index contributed by atoms with van der Waals surface area (Å²) in [5, 5.41) is 5.13. The molecule has 1 amide bonds. The number of rotatable bonds is 5. The van der Waals surface area contributed by atoms with Crippen molar-refractivity contribution in [2.45, 2.75) is 32.7 Å². The Bertz CT molecular complexity index is 532. The second-order valence-corrected chi connectivity index (χ2v) is 4.08. The lowest BCUT2D eigenvalue weighted by Crippen LogP contribution is -2.11. The number of pyridine rings is 1. The summed E-state index contributed by atoms with van der Waals surface area (Å²) in [7, 11) is 0. The van der Waals surface area contributed by atoms with E-state index in [0.717, 1.165) is 24.0 Å². The number of hydrogen-bond acceptors (Lipinski definition) is 3. The predicted molar refractivity (Wildman–Crippen MR) is 65.6 cm³/mol. The molecule has 0 aliphatic carbocycles. The average Bonchev–Trinajstić information content (AvgIpc) is 2.72. The van der Waals surface area contributed by atoms with Gasteiger partial charge in [-0.1, -0.05) is 19.8 Å². The molecule has 0 fully saturated rings. The number of aryl methyl sites for hydroxylation is 1. The highest BCUT2D eigenvalue weighted by atomic mass is 16.1. The molecule has 2 rings (SSSR count). The first-order valence-corrected chi connectivity index (χ1v) is 5.83. The lowest BCUT2D eigenvalue weighted by molar-refractivity contribution is 0.1000. The van der Waals surface area contributed by atoms with Crippen LogP contribution in [0.1, 0.15) is 36.5 Å². The summed E-state index contributed by atoms with van der Waals surface area (Å²) in [6.07, 6.45) is 6.68. The smallest absolute Gasteiger partial charge is 0.250 e. The molecule has 0 radical (unpaired) electrons. The van der Waals surface area contributed by atoms with E-state index in [2.05, 4.69) is 17.0 Å². The first-order valence-electron chi connectivity index (χ1n) is 5.83. The minimum atomic E-state index is -0.460. The largest absolute Gasteiger partial charge is 0.366 e. The highest BCUT2D eigenvalue weighted by molar-refractivity contribution is 5.95. The van der Waals surface area contributed by atoms with Gasteiger partial charge in [0.2, 0.25) is 5.91 Å². The molecule has 0 saturated heterocycles. The normalized spacial score (nSPS) is 10.9. The predicted octanol–water partition coefficient (Wildman–Crippen LogP) is 1.72. The lowest BCUT2D eigenvalue weighted by atomic mass is 10.2. The zero-order valence-corrected chi connectivity index (χ0v) is 9.89. The van der Waals surface area contributed by atoms with Gasteiger partial charge < -0.3 is 5.73 Å². The van der Waals surface area contributed by atoms with Gasteiger partial charge in [0.25, 0.3) is 0 Å². The Morgan fingerprint density at radius 1 is 1.41 bits per heavy atom. The van der Waals surface area contributed by atoms with Crippen LogP contribution >= 0.6 is 0 Å². The van der Waals surface area contributed by atoms with Crippen molar-refractivity contribution < 1.29 is 4.79 Å². The van der Waals surface area contributed by atoms with Crippen molar-refractivity contribution in [1.29, 1.82) is 0 Å². The molecule has 2 heterocycles. The van der Waals surface area contributed by atoms with Crippen LogP contribution < -0.4 is 5.73 Å². The van der Waals surface area contributed by atoms with Crippen LogP contribution in [-0.2, 0) is 6.54 Å². The van der Waals surface area contributed by atoms with E-state index in [1.54, 1.807) is 12.3 Å². The van der Waals surface area contributed by atoms with E-state index in [1.807, 2.05) is 4.68 Å². The van der Waals surface area contributed by atoms with Crippen LogP contribution in [0.3, 0.4) is 0 Å². The number of unbranched alkanes of at least 4 members (excludes halogenated alkanes) is 2. The molecule has 0 bridgehead atoms. The summed E-state index contributed by atoms with van der Waals surface area (Å²) in [5.41, 5.74) is 6.44. The van der Waals surface area contributed by atoms with E-state index in [1.165, 1.54) is 19.0 Å². The van der Waals surface area contributed by atoms with Crippen LogP contribution in [0.25, 0.3) is 11.0 Å². The summed E-state index contributed by atoms with van der Waals surface area (Å²) in [6, 6.07) is 1.73. The van der Waals surface area contributed by atoms with Gasteiger partial charge in [0.1, 0.15) is 0 Å². The van der Waals surface area contributed by atoms with Gasteiger partial charge in [-0.25, -0.2) is 9.67 Å². The topological polar surface area (TPSA) is 73.8 Å². The SMILES string of the molecule is CCCCCn1ncc2cc(C(N)=O)cnc21. The summed E-state index contributed by atoms with van der Waals surface area (Å²) in [4.78, 5) is 15.3. The van der Waals surface area contributed by atoms with Crippen molar-refractivity contribution in [3.63, 3.8) is 0 Å². The Morgan fingerprint density at radius 3 is 2.94 bits per heavy atom. The van der Waals surface area contributed by atoms with Gasteiger partial charge in [-0.05, 0) is 12.5 Å². The molecule has 0 atom stereocenters. The zero-order valence-electron chi connectivity index (χ0n) is 9.89. The Morgan fingerprint density at radius 2 is 2.24 bits per heavy atom. The molecule has 0 aliphatic heterocycles. The highest BCUT2D eigenvalue weighted by Crippen LogP contribution is 2.13. The highest BCUT2D eigenvalue weighted by Gasteiger charge is 2.07. The summed E-state index contributed by atoms with van der Waals surface area (Å²) in [5.74, 6) is -0.460. The van der Waals surface area contributed by atoms with Gasteiger partial charge in [0, 0.05) is 18.1 Å². The van der Waals surface area contributed by atoms with Crippen LogP contribution in [-0.4, -0.2) is 20.7 Å². The maximum absolute atomic E-state index is 11.0. The quantitative estimate of drug-likeness (QED) is 0.797. The van der Waals surface area contributed by atoms with E-state index in [-0.39, 0.29) is 0 Å². The number of aromatic nitrogens is 3. The number of nitrogens with two attached hydrogens (primary N) is 1. The van der Waals surface area contributed by atoms with Crippen LogP contribution in [0, 0.1) is 0 Å². The second kappa shape index (κ2) is 4.95. The fraction of sp³-hybridized carbons (Fsp3) is 0.417. The van der Waals surface area contributed by atoms with Gasteiger partial charge >= 0.3 is 0 Å². The van der Waals surface area contributed by atoms with Crippen molar-refractivity contribution in [1.82, 2.24) is 14.8 Å². The third-order valence-corrected chi connectivity index (χ3v) is 2.73. The van der Waals surface area contributed by atoms with E-state index >= 15 is 0 Å². The number of amides is 1. The minimum Gasteiger partial charge on any atom is -0.366 e. The number of nitrogens with zero attached hydrogens (tertiary/aromatic N) is 3. The maximum Gasteiger partial charge on any atom is 0.250 e. The summed E-state index contributed by atoms with van der Waals surface area (Å²) in [6.45, 7) is 3.03. The van der Waals surface area contributed by atoms with Crippen molar-refractivity contribution in [2.75, 3.05) is 0 Å². The van der Waals surface area contributed by atoms with Gasteiger partial charge in [-0.15, -0.1) is 0 Å². The summed E-state index contributed by atoms with van der Waals surface area (Å²) < 4.78 is 1.87. The monoisotopic (exact) mass is 232 g/mol. The van der Waals surface area contributed by atoms with Gasteiger partial charge in [0.05, 0.1) is 11.8 Å². The molecule has 2 aromatic rings. The molecule has 2 aromatic heterocycles. The molecule has 17 heavy (non-hydrogen) atoms. The average molecular weight is 232 g/mol. The number of carbonyl (C=O) groups excluding carboxylic acids is 1. The molecular weight excluding hydrogens is 216 g/mol. The molecule has 0 spiro atoms. The van der Waals surface area contributed by atoms with E-state index in [4.69, 9.17) is 5.73 Å². The molecule has 0 aliphatic rings. The Hall–Kier alpha value is -1.91.